The third kappa shape index (κ3) is 4.79. The highest BCUT2D eigenvalue weighted by molar-refractivity contribution is 5.24. The number of rotatable bonds is 6. The van der Waals surface area contributed by atoms with Crippen molar-refractivity contribution in [2.45, 2.75) is 39.8 Å². The molecule has 0 saturated heterocycles. The summed E-state index contributed by atoms with van der Waals surface area (Å²) in [6, 6.07) is 9.69. The molecule has 2 nitrogen and oxygen atoms in total. The fourth-order valence-electron chi connectivity index (χ4n) is 2.21. The Morgan fingerprint density at radius 1 is 1.17 bits per heavy atom. The van der Waals surface area contributed by atoms with Gasteiger partial charge in [0, 0.05) is 18.6 Å². The molecule has 2 unspecified atom stereocenters. The van der Waals surface area contributed by atoms with Crippen LogP contribution in [0.4, 0.5) is 0 Å². The molecule has 2 heteroatoms. The quantitative estimate of drug-likeness (QED) is 0.831. The fraction of sp³-hybridized carbons (Fsp3) is 0.625. The molecule has 2 atom stereocenters. The summed E-state index contributed by atoms with van der Waals surface area (Å²) in [5.41, 5.74) is 2.70. The molecule has 1 aromatic carbocycles. The van der Waals surface area contributed by atoms with Crippen LogP contribution in [0.25, 0.3) is 0 Å². The minimum absolute atomic E-state index is 0.400. The molecule has 0 saturated carbocycles. The number of nitrogens with one attached hydrogen (secondary N) is 1. The maximum Gasteiger partial charge on any atom is 0.0295 e. The molecule has 0 radical (unpaired) electrons. The predicted molar refractivity (Wildman–Crippen MR) is 79.9 cm³/mol. The first-order chi connectivity index (χ1) is 8.40. The van der Waals surface area contributed by atoms with Crippen molar-refractivity contribution in [3.63, 3.8) is 0 Å². The highest BCUT2D eigenvalue weighted by Gasteiger charge is 2.17. The summed E-state index contributed by atoms with van der Waals surface area (Å²) in [6.45, 7) is 10.0. The van der Waals surface area contributed by atoms with E-state index in [-0.39, 0.29) is 0 Å². The van der Waals surface area contributed by atoms with Gasteiger partial charge in [-0.05, 0) is 39.4 Å². The molecule has 0 fully saturated rings. The van der Waals surface area contributed by atoms with Gasteiger partial charge in [0.05, 0.1) is 0 Å². The number of hydrogen-bond donors (Lipinski definition) is 1. The highest BCUT2D eigenvalue weighted by atomic mass is 15.1. The van der Waals surface area contributed by atoms with Crippen LogP contribution in [0.15, 0.2) is 24.3 Å². The molecule has 0 aromatic heterocycles. The third-order valence-electron chi connectivity index (χ3n) is 3.37. The van der Waals surface area contributed by atoms with Crippen molar-refractivity contribution in [2.24, 2.45) is 5.92 Å². The van der Waals surface area contributed by atoms with Crippen molar-refractivity contribution in [1.29, 1.82) is 0 Å². The van der Waals surface area contributed by atoms with Crippen LogP contribution in [-0.4, -0.2) is 31.6 Å². The summed E-state index contributed by atoms with van der Waals surface area (Å²) < 4.78 is 0. The monoisotopic (exact) mass is 248 g/mol. The van der Waals surface area contributed by atoms with Gasteiger partial charge in [-0.2, -0.15) is 0 Å². The van der Waals surface area contributed by atoms with Gasteiger partial charge in [-0.25, -0.2) is 0 Å². The molecular weight excluding hydrogens is 220 g/mol. The average Bonchev–Trinajstić information content (AvgIpc) is 2.27. The summed E-state index contributed by atoms with van der Waals surface area (Å²) in [4.78, 5) is 2.25. The van der Waals surface area contributed by atoms with E-state index in [9.17, 15) is 0 Å². The molecule has 1 N–H and O–H groups in total. The number of aryl methyl sites for hydroxylation is 1. The Hall–Kier alpha value is -0.860. The minimum atomic E-state index is 0.400. The van der Waals surface area contributed by atoms with Crippen molar-refractivity contribution < 1.29 is 0 Å². The van der Waals surface area contributed by atoms with Crippen molar-refractivity contribution >= 4 is 0 Å². The zero-order valence-corrected chi connectivity index (χ0v) is 12.7. The Morgan fingerprint density at radius 3 is 2.33 bits per heavy atom. The molecule has 0 aliphatic rings. The van der Waals surface area contributed by atoms with Gasteiger partial charge >= 0.3 is 0 Å². The number of benzene rings is 1. The Kier molecular flexibility index (Phi) is 5.83. The summed E-state index contributed by atoms with van der Waals surface area (Å²) in [6.07, 6.45) is 0. The lowest BCUT2D eigenvalue weighted by Crippen LogP contribution is -2.43. The largest absolute Gasteiger partial charge is 0.308 e. The van der Waals surface area contributed by atoms with Crippen molar-refractivity contribution in [2.75, 3.05) is 20.6 Å². The first-order valence-electron chi connectivity index (χ1n) is 6.87. The van der Waals surface area contributed by atoms with Gasteiger partial charge in [0.15, 0.2) is 0 Å². The Bertz CT molecular complexity index is 358. The van der Waals surface area contributed by atoms with Gasteiger partial charge in [0.25, 0.3) is 0 Å². The minimum Gasteiger partial charge on any atom is -0.308 e. The molecule has 18 heavy (non-hydrogen) atoms. The normalized spacial score (nSPS) is 15.1. The van der Waals surface area contributed by atoms with Crippen LogP contribution < -0.4 is 5.32 Å². The van der Waals surface area contributed by atoms with E-state index in [4.69, 9.17) is 0 Å². The van der Waals surface area contributed by atoms with Gasteiger partial charge in [-0.1, -0.05) is 43.7 Å². The van der Waals surface area contributed by atoms with E-state index in [1.165, 1.54) is 11.1 Å². The van der Waals surface area contributed by atoms with Gasteiger partial charge in [-0.3, -0.25) is 0 Å². The van der Waals surface area contributed by atoms with Gasteiger partial charge in [-0.15, -0.1) is 0 Å². The smallest absolute Gasteiger partial charge is 0.0295 e. The van der Waals surface area contributed by atoms with Crippen LogP contribution >= 0.6 is 0 Å². The van der Waals surface area contributed by atoms with E-state index in [0.717, 1.165) is 6.54 Å². The van der Waals surface area contributed by atoms with E-state index in [1.807, 2.05) is 0 Å². The number of likely N-dealkylation sites (N-methyl/N-ethyl adjacent to an activating group) is 1. The Labute approximate surface area is 112 Å². The molecule has 102 valence electrons. The maximum absolute atomic E-state index is 3.75. The molecule has 0 aliphatic heterocycles. The molecular formula is C16H28N2. The van der Waals surface area contributed by atoms with Gasteiger partial charge in [0.1, 0.15) is 0 Å². The molecule has 0 bridgehead atoms. The topological polar surface area (TPSA) is 15.3 Å². The molecule has 0 amide bonds. The van der Waals surface area contributed by atoms with E-state index in [2.05, 4.69) is 76.3 Å². The van der Waals surface area contributed by atoms with Crippen LogP contribution in [-0.2, 0) is 0 Å². The van der Waals surface area contributed by atoms with E-state index in [1.54, 1.807) is 0 Å². The predicted octanol–water partition coefficient (Wildman–Crippen LogP) is 3.23. The summed E-state index contributed by atoms with van der Waals surface area (Å²) in [5.74, 6) is 0.639. The van der Waals surface area contributed by atoms with Crippen LogP contribution in [0.3, 0.4) is 0 Å². The Balaban J connectivity index is 2.69. The zero-order chi connectivity index (χ0) is 13.7. The Morgan fingerprint density at radius 2 is 1.83 bits per heavy atom. The molecule has 1 rings (SSSR count). The molecule has 0 aliphatic carbocycles. The summed E-state index contributed by atoms with van der Waals surface area (Å²) >= 11 is 0. The fourth-order valence-corrected chi connectivity index (χ4v) is 2.21. The van der Waals surface area contributed by atoms with Crippen LogP contribution in [0.5, 0.6) is 0 Å². The van der Waals surface area contributed by atoms with Crippen molar-refractivity contribution in [3.05, 3.63) is 35.4 Å². The zero-order valence-electron chi connectivity index (χ0n) is 12.7. The first kappa shape index (κ1) is 15.2. The lowest BCUT2D eigenvalue weighted by Gasteiger charge is -2.29. The molecule has 0 heterocycles. The average molecular weight is 248 g/mol. The molecule has 0 spiro atoms. The van der Waals surface area contributed by atoms with Crippen LogP contribution in [0.2, 0.25) is 0 Å². The second-order valence-electron chi connectivity index (χ2n) is 5.92. The van der Waals surface area contributed by atoms with Crippen molar-refractivity contribution in [3.8, 4) is 0 Å². The number of hydrogen-bond acceptors (Lipinski definition) is 2. The number of nitrogens with zero attached hydrogens (tertiary/aromatic N) is 1. The second-order valence-corrected chi connectivity index (χ2v) is 5.92. The second kappa shape index (κ2) is 6.91. The van der Waals surface area contributed by atoms with Gasteiger partial charge in [0.2, 0.25) is 0 Å². The van der Waals surface area contributed by atoms with Crippen molar-refractivity contribution in [1.82, 2.24) is 10.2 Å². The van der Waals surface area contributed by atoms with Crippen LogP contribution in [0.1, 0.15) is 37.9 Å². The summed E-state index contributed by atoms with van der Waals surface area (Å²) in [7, 11) is 4.27. The van der Waals surface area contributed by atoms with Gasteiger partial charge < -0.3 is 10.2 Å². The highest BCUT2D eigenvalue weighted by Crippen LogP contribution is 2.16. The third-order valence-corrected chi connectivity index (χ3v) is 3.37. The van der Waals surface area contributed by atoms with Crippen LogP contribution in [0, 0.1) is 12.8 Å². The molecule has 1 aromatic rings. The van der Waals surface area contributed by atoms with E-state index < -0.39 is 0 Å². The maximum atomic E-state index is 3.75. The SMILES string of the molecule is Cc1cccc(C(C)NC(CN(C)C)C(C)C)c1. The lowest BCUT2D eigenvalue weighted by atomic mass is 10.00. The summed E-state index contributed by atoms with van der Waals surface area (Å²) in [5, 5.41) is 3.75. The standard InChI is InChI=1S/C16H28N2/c1-12(2)16(11-18(5)6)17-14(4)15-9-7-8-13(3)10-15/h7-10,12,14,16-17H,11H2,1-6H3. The van der Waals surface area contributed by atoms with E-state index >= 15 is 0 Å². The lowest BCUT2D eigenvalue weighted by molar-refractivity contribution is 0.273. The first-order valence-corrected chi connectivity index (χ1v) is 6.87. The van der Waals surface area contributed by atoms with E-state index in [0.29, 0.717) is 18.0 Å².